The number of carbonyl (C=O) groups is 1. The van der Waals surface area contributed by atoms with Crippen LogP contribution >= 0.6 is 11.3 Å². The van der Waals surface area contributed by atoms with Crippen molar-refractivity contribution in [2.45, 2.75) is 79.1 Å². The lowest BCUT2D eigenvalue weighted by molar-refractivity contribution is -0.167. The standard InChI is InChI=1S/C17H28BNO4S/c1-14(2,3)13(20)21-15(4,5)12-19-10-11(24-12)18-22-16(6,7)17(8,9)23-18/h10H,1-9H3. The molecule has 2 heterocycles. The molecule has 2 rings (SSSR count). The fourth-order valence-corrected chi connectivity index (χ4v) is 2.98. The summed E-state index contributed by atoms with van der Waals surface area (Å²) in [5.74, 6) is -0.250. The molecule has 0 N–H and O–H groups in total. The molecule has 1 aliphatic heterocycles. The Labute approximate surface area is 149 Å². The first-order valence-corrected chi connectivity index (χ1v) is 9.03. The van der Waals surface area contributed by atoms with Gasteiger partial charge in [0.25, 0.3) is 0 Å². The van der Waals surface area contributed by atoms with Crippen LogP contribution in [-0.4, -0.2) is 29.3 Å². The van der Waals surface area contributed by atoms with E-state index in [1.165, 1.54) is 11.3 Å². The third-order valence-corrected chi connectivity index (χ3v) is 5.81. The average Bonchev–Trinajstić information content (AvgIpc) is 2.92. The van der Waals surface area contributed by atoms with Gasteiger partial charge in [-0.15, -0.1) is 11.3 Å². The molecule has 1 aliphatic rings. The van der Waals surface area contributed by atoms with Crippen LogP contribution in [0.2, 0.25) is 0 Å². The normalized spacial score (nSPS) is 20.3. The van der Waals surface area contributed by atoms with Gasteiger partial charge in [-0.1, -0.05) is 0 Å². The summed E-state index contributed by atoms with van der Waals surface area (Å²) in [6, 6.07) is 0. The largest absolute Gasteiger partial charge is 0.507 e. The summed E-state index contributed by atoms with van der Waals surface area (Å²) < 4.78 is 18.7. The van der Waals surface area contributed by atoms with Crippen LogP contribution < -0.4 is 4.78 Å². The molecule has 7 heteroatoms. The first-order valence-electron chi connectivity index (χ1n) is 8.21. The second-order valence-electron chi connectivity index (χ2n) is 8.81. The zero-order valence-electron chi connectivity index (χ0n) is 16.1. The van der Waals surface area contributed by atoms with Crippen LogP contribution in [0.3, 0.4) is 0 Å². The number of esters is 1. The number of rotatable bonds is 3. The maximum Gasteiger partial charge on any atom is 0.507 e. The molecule has 0 aromatic carbocycles. The number of aromatic nitrogens is 1. The highest BCUT2D eigenvalue weighted by Gasteiger charge is 2.52. The van der Waals surface area contributed by atoms with Crippen LogP contribution in [0.1, 0.15) is 67.3 Å². The number of hydrogen-bond acceptors (Lipinski definition) is 6. The average molecular weight is 353 g/mol. The predicted octanol–water partition coefficient (Wildman–Crippen LogP) is 3.27. The van der Waals surface area contributed by atoms with Gasteiger partial charge < -0.3 is 14.0 Å². The van der Waals surface area contributed by atoms with Crippen LogP contribution in [0, 0.1) is 5.41 Å². The van der Waals surface area contributed by atoms with Gasteiger partial charge in [0.2, 0.25) is 0 Å². The third-order valence-electron chi connectivity index (χ3n) is 4.48. The van der Waals surface area contributed by atoms with Gasteiger partial charge in [0, 0.05) is 6.20 Å². The smallest absolute Gasteiger partial charge is 0.452 e. The summed E-state index contributed by atoms with van der Waals surface area (Å²) >= 11 is 1.45. The molecule has 0 amide bonds. The van der Waals surface area contributed by atoms with Gasteiger partial charge in [-0.3, -0.25) is 4.79 Å². The molecule has 0 radical (unpaired) electrons. The molecule has 0 unspecified atom stereocenters. The molecular formula is C17H28BNO4S. The maximum atomic E-state index is 12.2. The quantitative estimate of drug-likeness (QED) is 0.617. The summed E-state index contributed by atoms with van der Waals surface area (Å²) in [5, 5.41) is 0.727. The number of carbonyl (C=O) groups excluding carboxylic acids is 1. The van der Waals surface area contributed by atoms with Crippen molar-refractivity contribution in [1.82, 2.24) is 4.98 Å². The first-order chi connectivity index (χ1) is 10.7. The Balaban J connectivity index is 2.18. The Morgan fingerprint density at radius 1 is 1.12 bits per heavy atom. The van der Waals surface area contributed by atoms with E-state index in [1.807, 2.05) is 62.3 Å². The summed E-state index contributed by atoms with van der Waals surface area (Å²) in [4.78, 5) is 16.6. The van der Waals surface area contributed by atoms with Crippen LogP contribution in [0.25, 0.3) is 0 Å². The van der Waals surface area contributed by atoms with E-state index in [0.29, 0.717) is 0 Å². The topological polar surface area (TPSA) is 57.7 Å². The molecule has 24 heavy (non-hydrogen) atoms. The SMILES string of the molecule is CC(C)(C)C(=O)OC(C)(C)c1ncc(B2OC(C)(C)C(C)(C)O2)s1. The molecule has 0 bridgehead atoms. The molecule has 5 nitrogen and oxygen atoms in total. The minimum Gasteiger partial charge on any atom is -0.452 e. The van der Waals surface area contributed by atoms with E-state index >= 15 is 0 Å². The molecule has 1 saturated heterocycles. The lowest BCUT2D eigenvalue weighted by Gasteiger charge is -2.32. The second kappa shape index (κ2) is 5.82. The van der Waals surface area contributed by atoms with Crippen molar-refractivity contribution in [2.24, 2.45) is 5.41 Å². The highest BCUT2D eigenvalue weighted by Crippen LogP contribution is 2.37. The van der Waals surface area contributed by atoms with Crippen molar-refractivity contribution < 1.29 is 18.8 Å². The highest BCUT2D eigenvalue weighted by molar-refractivity contribution is 7.22. The highest BCUT2D eigenvalue weighted by atomic mass is 32.1. The molecular weight excluding hydrogens is 325 g/mol. The van der Waals surface area contributed by atoms with Crippen LogP contribution in [0.5, 0.6) is 0 Å². The second-order valence-corrected chi connectivity index (χ2v) is 9.87. The van der Waals surface area contributed by atoms with Gasteiger partial charge in [0.05, 0.1) is 21.4 Å². The first kappa shape index (κ1) is 19.4. The monoisotopic (exact) mass is 353 g/mol. The lowest BCUT2D eigenvalue weighted by Crippen LogP contribution is -2.41. The third kappa shape index (κ3) is 3.68. The van der Waals surface area contributed by atoms with E-state index in [1.54, 1.807) is 6.20 Å². The zero-order chi connectivity index (χ0) is 18.6. The lowest BCUT2D eigenvalue weighted by atomic mass is 9.89. The van der Waals surface area contributed by atoms with Crippen molar-refractivity contribution in [3.8, 4) is 0 Å². The summed E-state index contributed by atoms with van der Waals surface area (Å²) in [6.07, 6.45) is 1.74. The van der Waals surface area contributed by atoms with Gasteiger partial charge in [0.15, 0.2) is 5.60 Å². The number of hydrogen-bond donors (Lipinski definition) is 0. The van der Waals surface area contributed by atoms with Crippen LogP contribution in [-0.2, 0) is 24.4 Å². The van der Waals surface area contributed by atoms with Crippen LogP contribution in [0.15, 0.2) is 6.20 Å². The number of thiazole rings is 1. The summed E-state index contributed by atoms with van der Waals surface area (Å²) in [6.45, 7) is 17.3. The molecule has 0 atom stereocenters. The van der Waals surface area contributed by atoms with Gasteiger partial charge >= 0.3 is 13.1 Å². The Morgan fingerprint density at radius 3 is 2.08 bits per heavy atom. The van der Waals surface area contributed by atoms with Crippen molar-refractivity contribution in [1.29, 1.82) is 0 Å². The van der Waals surface area contributed by atoms with Gasteiger partial charge in [0.1, 0.15) is 5.01 Å². The number of ether oxygens (including phenoxy) is 1. The van der Waals surface area contributed by atoms with Gasteiger partial charge in [-0.05, 0) is 62.3 Å². The minimum absolute atomic E-state index is 0.250. The molecule has 0 aliphatic carbocycles. The number of nitrogens with zero attached hydrogens (tertiary/aromatic N) is 1. The van der Waals surface area contributed by atoms with Crippen molar-refractivity contribution in [3.05, 3.63) is 11.2 Å². The predicted molar refractivity (Wildman–Crippen MR) is 96.4 cm³/mol. The molecule has 1 fully saturated rings. The summed E-state index contributed by atoms with van der Waals surface area (Å²) in [7, 11) is -0.449. The maximum absolute atomic E-state index is 12.2. The van der Waals surface area contributed by atoms with E-state index in [-0.39, 0.29) is 5.97 Å². The minimum atomic E-state index is -0.795. The Kier molecular flexibility index (Phi) is 4.70. The van der Waals surface area contributed by atoms with Crippen molar-refractivity contribution in [3.63, 3.8) is 0 Å². The van der Waals surface area contributed by atoms with Crippen molar-refractivity contribution in [2.75, 3.05) is 0 Å². The van der Waals surface area contributed by atoms with E-state index in [0.717, 1.165) is 9.78 Å². The Bertz CT molecular complexity index is 615. The molecule has 134 valence electrons. The Morgan fingerprint density at radius 2 is 1.62 bits per heavy atom. The van der Waals surface area contributed by atoms with E-state index in [9.17, 15) is 4.79 Å². The van der Waals surface area contributed by atoms with E-state index < -0.39 is 29.3 Å². The molecule has 1 aromatic rings. The molecule has 1 aromatic heterocycles. The zero-order valence-corrected chi connectivity index (χ0v) is 17.0. The van der Waals surface area contributed by atoms with Crippen LogP contribution in [0.4, 0.5) is 0 Å². The molecule has 0 spiro atoms. The fraction of sp³-hybridized carbons (Fsp3) is 0.765. The van der Waals surface area contributed by atoms with E-state index in [2.05, 4.69) is 4.98 Å². The van der Waals surface area contributed by atoms with Crippen molar-refractivity contribution >= 4 is 29.2 Å². The fourth-order valence-electron chi connectivity index (χ4n) is 2.06. The molecule has 0 saturated carbocycles. The van der Waals surface area contributed by atoms with Gasteiger partial charge in [-0.25, -0.2) is 4.98 Å². The Hall–Kier alpha value is -0.915. The summed E-state index contributed by atoms with van der Waals surface area (Å²) in [5.41, 5.74) is -2.13. The van der Waals surface area contributed by atoms with Gasteiger partial charge in [-0.2, -0.15) is 0 Å². The van der Waals surface area contributed by atoms with E-state index in [4.69, 9.17) is 14.0 Å².